The van der Waals surface area contributed by atoms with Gasteiger partial charge >= 0.3 is 0 Å². The summed E-state index contributed by atoms with van der Waals surface area (Å²) in [5.41, 5.74) is 3.20. The van der Waals surface area contributed by atoms with Gasteiger partial charge in [0, 0.05) is 24.3 Å². The summed E-state index contributed by atoms with van der Waals surface area (Å²) in [6.07, 6.45) is 2.35. The molecule has 1 fully saturated rings. The maximum absolute atomic E-state index is 12.1. The highest BCUT2D eigenvalue weighted by molar-refractivity contribution is 9.10. The molecule has 1 heterocycles. The Hall–Kier alpha value is -2.12. The van der Waals surface area contributed by atoms with Gasteiger partial charge in [-0.25, -0.2) is 0 Å². The normalized spacial score (nSPS) is 18.5. The lowest BCUT2D eigenvalue weighted by molar-refractivity contribution is -0.118. The molecule has 26 heavy (non-hydrogen) atoms. The summed E-state index contributed by atoms with van der Waals surface area (Å²) in [5.74, 6) is -0.0257. The standard InChI is InChI=1S/C19H19BrN4OS/c1-24(2)16-9-5-14(6-10-16)12-21-23-19-22-18(25)17(26-19)11-13-3-7-15(20)8-4-13/h3-10,12,17H,11H2,1-2H3,(H,22,23,25). The Morgan fingerprint density at radius 3 is 2.50 bits per heavy atom. The van der Waals surface area contributed by atoms with Gasteiger partial charge in [0.1, 0.15) is 0 Å². The Morgan fingerprint density at radius 1 is 1.15 bits per heavy atom. The van der Waals surface area contributed by atoms with E-state index in [0.717, 1.165) is 21.3 Å². The molecule has 5 nitrogen and oxygen atoms in total. The number of hydrogen-bond donors (Lipinski definition) is 1. The first kappa shape index (κ1) is 18.7. The zero-order chi connectivity index (χ0) is 18.5. The van der Waals surface area contributed by atoms with E-state index in [-0.39, 0.29) is 11.2 Å². The van der Waals surface area contributed by atoms with Crippen molar-refractivity contribution in [1.29, 1.82) is 0 Å². The molecule has 1 amide bonds. The fourth-order valence-corrected chi connectivity index (χ4v) is 3.66. The van der Waals surface area contributed by atoms with Crippen LogP contribution < -0.4 is 10.2 Å². The van der Waals surface area contributed by atoms with E-state index < -0.39 is 0 Å². The quantitative estimate of drug-likeness (QED) is 0.581. The summed E-state index contributed by atoms with van der Waals surface area (Å²) in [6, 6.07) is 16.0. The zero-order valence-electron chi connectivity index (χ0n) is 14.5. The molecule has 7 heteroatoms. The van der Waals surface area contributed by atoms with Crippen molar-refractivity contribution in [3.05, 3.63) is 64.1 Å². The average molecular weight is 431 g/mol. The molecule has 134 valence electrons. The van der Waals surface area contributed by atoms with E-state index in [0.29, 0.717) is 11.6 Å². The zero-order valence-corrected chi connectivity index (χ0v) is 16.9. The maximum atomic E-state index is 12.1. The van der Waals surface area contributed by atoms with E-state index in [1.165, 1.54) is 11.8 Å². The van der Waals surface area contributed by atoms with E-state index >= 15 is 0 Å². The van der Waals surface area contributed by atoms with Crippen LogP contribution in [0.4, 0.5) is 5.69 Å². The number of carbonyl (C=O) groups excluding carboxylic acids is 1. The number of carbonyl (C=O) groups is 1. The highest BCUT2D eigenvalue weighted by Crippen LogP contribution is 2.24. The summed E-state index contributed by atoms with van der Waals surface area (Å²) in [7, 11) is 4.00. The molecule has 0 bridgehead atoms. The lowest BCUT2D eigenvalue weighted by Crippen LogP contribution is -2.25. The van der Waals surface area contributed by atoms with Gasteiger partial charge in [0.05, 0.1) is 11.5 Å². The second-order valence-electron chi connectivity index (χ2n) is 6.06. The first-order valence-corrected chi connectivity index (χ1v) is 9.79. The average Bonchev–Trinajstić information content (AvgIpc) is 2.97. The number of amidine groups is 1. The van der Waals surface area contributed by atoms with E-state index in [1.807, 2.05) is 67.5 Å². The molecule has 0 saturated carbocycles. The smallest absolute Gasteiger partial charge is 0.239 e. The van der Waals surface area contributed by atoms with Crippen molar-refractivity contribution < 1.29 is 4.79 Å². The lowest BCUT2D eigenvalue weighted by atomic mass is 10.1. The molecule has 2 aromatic carbocycles. The van der Waals surface area contributed by atoms with Crippen LogP contribution in [-0.4, -0.2) is 36.6 Å². The molecule has 1 atom stereocenters. The Labute approximate surface area is 165 Å². The molecule has 0 aliphatic carbocycles. The summed E-state index contributed by atoms with van der Waals surface area (Å²) < 4.78 is 1.03. The van der Waals surface area contributed by atoms with Gasteiger partial charge in [-0.3, -0.25) is 4.79 Å². The van der Waals surface area contributed by atoms with E-state index in [4.69, 9.17) is 0 Å². The molecule has 2 aromatic rings. The van der Waals surface area contributed by atoms with Gasteiger partial charge < -0.3 is 10.2 Å². The third-order valence-corrected chi connectivity index (χ3v) is 5.48. The minimum absolute atomic E-state index is 0.0257. The first-order valence-electron chi connectivity index (χ1n) is 8.11. The number of hydrogen-bond acceptors (Lipinski definition) is 5. The topological polar surface area (TPSA) is 57.1 Å². The number of nitrogens with one attached hydrogen (secondary N) is 1. The number of amides is 1. The Kier molecular flexibility index (Phi) is 6.11. The molecular weight excluding hydrogens is 412 g/mol. The monoisotopic (exact) mass is 430 g/mol. The molecular formula is C19H19BrN4OS. The summed E-state index contributed by atoms with van der Waals surface area (Å²) >= 11 is 4.83. The number of rotatable bonds is 5. The molecule has 0 spiro atoms. The van der Waals surface area contributed by atoms with Gasteiger partial charge in [0.2, 0.25) is 5.91 Å². The molecule has 0 radical (unpaired) electrons. The van der Waals surface area contributed by atoms with Crippen LogP contribution >= 0.6 is 27.7 Å². The largest absolute Gasteiger partial charge is 0.378 e. The number of benzene rings is 2. The maximum Gasteiger partial charge on any atom is 0.239 e. The SMILES string of the molecule is CN(C)c1ccc(C=N/N=C2\NC(=O)C(Cc3ccc(Br)cc3)S2)cc1. The van der Waals surface area contributed by atoms with Crippen LogP contribution in [0.3, 0.4) is 0 Å². The van der Waals surface area contributed by atoms with Crippen LogP contribution in [0, 0.1) is 0 Å². The van der Waals surface area contributed by atoms with Gasteiger partial charge in [0.25, 0.3) is 0 Å². The van der Waals surface area contributed by atoms with Crippen LogP contribution in [0.2, 0.25) is 0 Å². The van der Waals surface area contributed by atoms with Crippen LogP contribution in [0.25, 0.3) is 0 Å². The fourth-order valence-electron chi connectivity index (χ4n) is 2.43. The highest BCUT2D eigenvalue weighted by atomic mass is 79.9. The second-order valence-corrected chi connectivity index (χ2v) is 8.17. The van der Waals surface area contributed by atoms with E-state index in [9.17, 15) is 4.79 Å². The molecule has 1 unspecified atom stereocenters. The molecule has 1 N–H and O–H groups in total. The molecule has 1 aliphatic heterocycles. The Bertz CT molecular complexity index is 832. The second kappa shape index (κ2) is 8.51. The summed E-state index contributed by atoms with van der Waals surface area (Å²) in [4.78, 5) is 14.2. The minimum atomic E-state index is -0.176. The molecule has 0 aromatic heterocycles. The molecule has 1 saturated heterocycles. The van der Waals surface area contributed by atoms with Gasteiger partial charge in [-0.2, -0.15) is 5.10 Å². The van der Waals surface area contributed by atoms with Crippen LogP contribution in [0.5, 0.6) is 0 Å². The van der Waals surface area contributed by atoms with Crippen molar-refractivity contribution in [1.82, 2.24) is 5.32 Å². The third kappa shape index (κ3) is 4.95. The molecule has 1 aliphatic rings. The van der Waals surface area contributed by atoms with Gasteiger partial charge in [0.15, 0.2) is 5.17 Å². The predicted molar refractivity (Wildman–Crippen MR) is 113 cm³/mol. The number of thioether (sulfide) groups is 1. The summed E-state index contributed by atoms with van der Waals surface area (Å²) in [5, 5.41) is 11.4. The predicted octanol–water partition coefficient (Wildman–Crippen LogP) is 3.68. The van der Waals surface area contributed by atoms with Crippen LogP contribution in [-0.2, 0) is 11.2 Å². The number of anilines is 1. The Balaban J connectivity index is 1.59. The van der Waals surface area contributed by atoms with E-state index in [2.05, 4.69) is 31.4 Å². The lowest BCUT2D eigenvalue weighted by Gasteiger charge is -2.11. The third-order valence-electron chi connectivity index (χ3n) is 3.88. The van der Waals surface area contributed by atoms with Crippen molar-refractivity contribution in [2.45, 2.75) is 11.7 Å². The van der Waals surface area contributed by atoms with Gasteiger partial charge in [-0.05, 0) is 41.8 Å². The van der Waals surface area contributed by atoms with Crippen LogP contribution in [0.15, 0.2) is 63.2 Å². The van der Waals surface area contributed by atoms with Crippen molar-refractivity contribution in [2.75, 3.05) is 19.0 Å². The summed E-state index contributed by atoms with van der Waals surface area (Å²) in [6.45, 7) is 0. The number of halogens is 1. The van der Waals surface area contributed by atoms with Gasteiger partial charge in [-0.1, -0.05) is 52.0 Å². The Morgan fingerprint density at radius 2 is 1.85 bits per heavy atom. The van der Waals surface area contributed by atoms with E-state index in [1.54, 1.807) is 6.21 Å². The molecule has 3 rings (SSSR count). The van der Waals surface area contributed by atoms with Gasteiger partial charge in [-0.15, -0.1) is 5.10 Å². The van der Waals surface area contributed by atoms with Crippen molar-refractivity contribution in [2.24, 2.45) is 10.2 Å². The highest BCUT2D eigenvalue weighted by Gasteiger charge is 2.30. The first-order chi connectivity index (χ1) is 12.5. The van der Waals surface area contributed by atoms with Crippen molar-refractivity contribution in [3.63, 3.8) is 0 Å². The minimum Gasteiger partial charge on any atom is -0.378 e. The van der Waals surface area contributed by atoms with Crippen molar-refractivity contribution >= 4 is 50.7 Å². The fraction of sp³-hybridized carbons (Fsp3) is 0.211. The van der Waals surface area contributed by atoms with Crippen LogP contribution in [0.1, 0.15) is 11.1 Å². The number of nitrogens with zero attached hydrogens (tertiary/aromatic N) is 3. The van der Waals surface area contributed by atoms with Crippen molar-refractivity contribution in [3.8, 4) is 0 Å².